The Bertz CT molecular complexity index is 2920. The van der Waals surface area contributed by atoms with Gasteiger partial charge in [0.25, 0.3) is 0 Å². The standard InChI is InChI=1S/C45H27NS/c1-2-11-27(12-3-1)29-15-10-16-31(23-29)46-39-20-9-8-19-34(39)36-25-38-41(26-40(36)46)47-45-43-33-18-7-5-14-30(33)24-37(43)35-22-21-28-13-4-6-17-32(28)42(35)44(38)45/h1-23,25-26H,24H2. The highest BCUT2D eigenvalue weighted by atomic mass is 32.1. The van der Waals surface area contributed by atoms with Crippen LogP contribution >= 0.6 is 11.3 Å². The first-order valence-electron chi connectivity index (χ1n) is 16.3. The summed E-state index contributed by atoms with van der Waals surface area (Å²) < 4.78 is 5.22. The lowest BCUT2D eigenvalue weighted by Crippen LogP contribution is -1.94. The number of hydrogen-bond donors (Lipinski definition) is 0. The molecule has 11 rings (SSSR count). The number of aromatic nitrogens is 1. The van der Waals surface area contributed by atoms with Crippen molar-refractivity contribution in [2.75, 3.05) is 0 Å². The summed E-state index contributed by atoms with van der Waals surface area (Å²) in [5.41, 5.74) is 11.9. The molecule has 0 saturated heterocycles. The quantitative estimate of drug-likeness (QED) is 0.171. The van der Waals surface area contributed by atoms with Crippen molar-refractivity contribution in [1.29, 1.82) is 0 Å². The van der Waals surface area contributed by atoms with E-state index < -0.39 is 0 Å². The first kappa shape index (κ1) is 25.5. The maximum absolute atomic E-state index is 2.50. The normalized spacial score (nSPS) is 12.6. The minimum absolute atomic E-state index is 0.986. The van der Waals surface area contributed by atoms with Crippen LogP contribution in [0.2, 0.25) is 0 Å². The number of thiophene rings is 1. The smallest absolute Gasteiger partial charge is 0.0555 e. The van der Waals surface area contributed by atoms with Crippen LogP contribution in [-0.2, 0) is 6.42 Å². The second-order valence-electron chi connectivity index (χ2n) is 12.8. The third-order valence-corrected chi connectivity index (χ3v) is 11.6. The van der Waals surface area contributed by atoms with Crippen molar-refractivity contribution in [3.63, 3.8) is 0 Å². The SMILES string of the molecule is c1ccc(-c2cccc(-n3c4ccccc4c4cc5c(cc43)sc3c4c(c6ccc7ccccc7c6c35)Cc3ccccc3-4)c2)cc1. The van der Waals surface area contributed by atoms with E-state index in [1.807, 2.05) is 11.3 Å². The van der Waals surface area contributed by atoms with E-state index in [-0.39, 0.29) is 0 Å². The summed E-state index contributed by atoms with van der Waals surface area (Å²) in [4.78, 5) is 0. The molecule has 0 saturated carbocycles. The molecular weight excluding hydrogens is 587 g/mol. The van der Waals surface area contributed by atoms with Crippen LogP contribution in [0.15, 0.2) is 152 Å². The molecule has 1 aliphatic rings. The van der Waals surface area contributed by atoms with Crippen molar-refractivity contribution in [2.24, 2.45) is 0 Å². The molecule has 0 atom stereocenters. The van der Waals surface area contributed by atoms with Gasteiger partial charge in [0.2, 0.25) is 0 Å². The zero-order valence-electron chi connectivity index (χ0n) is 25.5. The first-order valence-corrected chi connectivity index (χ1v) is 17.1. The van der Waals surface area contributed by atoms with E-state index in [2.05, 4.69) is 156 Å². The Balaban J connectivity index is 1.29. The molecule has 1 aliphatic carbocycles. The van der Waals surface area contributed by atoms with Gasteiger partial charge in [0, 0.05) is 42.2 Å². The zero-order chi connectivity index (χ0) is 30.6. The van der Waals surface area contributed by atoms with Crippen molar-refractivity contribution in [2.45, 2.75) is 6.42 Å². The Morgan fingerprint density at radius 1 is 0.489 bits per heavy atom. The monoisotopic (exact) mass is 613 g/mol. The van der Waals surface area contributed by atoms with E-state index in [1.54, 1.807) is 0 Å². The van der Waals surface area contributed by atoms with Gasteiger partial charge in [0.1, 0.15) is 0 Å². The van der Waals surface area contributed by atoms with E-state index in [0.717, 1.165) is 6.42 Å². The van der Waals surface area contributed by atoms with Gasteiger partial charge >= 0.3 is 0 Å². The lowest BCUT2D eigenvalue weighted by Gasteiger charge is -2.12. The molecule has 0 unspecified atom stereocenters. The Labute approximate surface area is 275 Å². The topological polar surface area (TPSA) is 4.93 Å². The van der Waals surface area contributed by atoms with Gasteiger partial charge in [-0.25, -0.2) is 0 Å². The average molecular weight is 614 g/mol. The fraction of sp³-hybridized carbons (Fsp3) is 0.0222. The van der Waals surface area contributed by atoms with Crippen molar-refractivity contribution in [3.8, 4) is 27.9 Å². The summed E-state index contributed by atoms with van der Waals surface area (Å²) in [5.74, 6) is 0. The molecule has 2 heteroatoms. The Morgan fingerprint density at radius 3 is 2.21 bits per heavy atom. The van der Waals surface area contributed by atoms with Crippen LogP contribution in [0.5, 0.6) is 0 Å². The molecule has 0 aliphatic heterocycles. The predicted octanol–water partition coefficient (Wildman–Crippen LogP) is 12.7. The van der Waals surface area contributed by atoms with Crippen molar-refractivity contribution >= 4 is 74.9 Å². The molecule has 218 valence electrons. The van der Waals surface area contributed by atoms with Crippen LogP contribution in [0, 0.1) is 0 Å². The highest BCUT2D eigenvalue weighted by molar-refractivity contribution is 7.26. The fourth-order valence-corrected chi connectivity index (χ4v) is 9.67. The van der Waals surface area contributed by atoms with E-state index in [9.17, 15) is 0 Å². The summed E-state index contributed by atoms with van der Waals surface area (Å²) in [5, 5.41) is 10.8. The zero-order valence-corrected chi connectivity index (χ0v) is 26.3. The number of rotatable bonds is 2. The Kier molecular flexibility index (Phi) is 5.11. The molecule has 47 heavy (non-hydrogen) atoms. The van der Waals surface area contributed by atoms with Gasteiger partial charge in [-0.15, -0.1) is 11.3 Å². The average Bonchev–Trinajstić information content (AvgIpc) is 3.80. The summed E-state index contributed by atoms with van der Waals surface area (Å²) in [6.07, 6.45) is 0.986. The third kappa shape index (κ3) is 3.48. The maximum Gasteiger partial charge on any atom is 0.0555 e. The molecule has 10 aromatic rings. The van der Waals surface area contributed by atoms with Crippen molar-refractivity contribution in [3.05, 3.63) is 163 Å². The summed E-state index contributed by atoms with van der Waals surface area (Å²) in [6.45, 7) is 0. The molecule has 8 aromatic carbocycles. The van der Waals surface area contributed by atoms with Crippen LogP contribution < -0.4 is 0 Å². The molecule has 2 aromatic heterocycles. The molecule has 0 N–H and O–H groups in total. The van der Waals surface area contributed by atoms with Gasteiger partial charge in [-0.1, -0.05) is 121 Å². The van der Waals surface area contributed by atoms with Gasteiger partial charge in [-0.05, 0) is 86.1 Å². The minimum Gasteiger partial charge on any atom is -0.309 e. The van der Waals surface area contributed by atoms with Crippen molar-refractivity contribution < 1.29 is 0 Å². The Hall–Kier alpha value is -5.70. The van der Waals surface area contributed by atoms with Gasteiger partial charge in [-0.3, -0.25) is 0 Å². The number of nitrogens with zero attached hydrogens (tertiary/aromatic N) is 1. The fourth-order valence-electron chi connectivity index (χ4n) is 8.36. The van der Waals surface area contributed by atoms with Gasteiger partial charge in [-0.2, -0.15) is 0 Å². The van der Waals surface area contributed by atoms with Gasteiger partial charge < -0.3 is 4.57 Å². The molecule has 0 bridgehead atoms. The molecule has 0 radical (unpaired) electrons. The van der Waals surface area contributed by atoms with E-state index >= 15 is 0 Å². The molecule has 0 fully saturated rings. The second kappa shape index (κ2) is 9.42. The van der Waals surface area contributed by atoms with E-state index in [0.29, 0.717) is 0 Å². The number of fused-ring (bicyclic) bond motifs is 15. The van der Waals surface area contributed by atoms with Crippen LogP contribution in [0.1, 0.15) is 11.1 Å². The number of benzene rings is 8. The third-order valence-electron chi connectivity index (χ3n) is 10.4. The highest BCUT2D eigenvalue weighted by Crippen LogP contribution is 2.53. The summed E-state index contributed by atoms with van der Waals surface area (Å²) in [6, 6.07) is 56.2. The number of para-hydroxylation sites is 1. The van der Waals surface area contributed by atoms with Crippen LogP contribution in [-0.4, -0.2) is 4.57 Å². The Morgan fingerprint density at radius 2 is 1.28 bits per heavy atom. The van der Waals surface area contributed by atoms with Crippen LogP contribution in [0.3, 0.4) is 0 Å². The highest BCUT2D eigenvalue weighted by Gasteiger charge is 2.27. The van der Waals surface area contributed by atoms with Gasteiger partial charge in [0.05, 0.1) is 11.0 Å². The van der Waals surface area contributed by atoms with Crippen molar-refractivity contribution in [1.82, 2.24) is 4.57 Å². The minimum atomic E-state index is 0.986. The molecule has 1 nitrogen and oxygen atoms in total. The lowest BCUT2D eigenvalue weighted by atomic mass is 9.91. The van der Waals surface area contributed by atoms with E-state index in [4.69, 9.17) is 0 Å². The van der Waals surface area contributed by atoms with Crippen LogP contribution in [0.4, 0.5) is 0 Å². The van der Waals surface area contributed by atoms with Crippen LogP contribution in [0.25, 0.3) is 91.5 Å². The first-order chi connectivity index (χ1) is 23.3. The number of hydrogen-bond acceptors (Lipinski definition) is 1. The van der Waals surface area contributed by atoms with Gasteiger partial charge in [0.15, 0.2) is 0 Å². The molecule has 0 spiro atoms. The lowest BCUT2D eigenvalue weighted by molar-refractivity contribution is 1.18. The molecule has 0 amide bonds. The second-order valence-corrected chi connectivity index (χ2v) is 13.9. The summed E-state index contributed by atoms with van der Waals surface area (Å²) >= 11 is 1.97. The molecule has 2 heterocycles. The summed E-state index contributed by atoms with van der Waals surface area (Å²) in [7, 11) is 0. The predicted molar refractivity (Wildman–Crippen MR) is 202 cm³/mol. The van der Waals surface area contributed by atoms with E-state index in [1.165, 1.54) is 103 Å². The maximum atomic E-state index is 2.50. The largest absolute Gasteiger partial charge is 0.309 e. The molecular formula is C45H27NS.